The van der Waals surface area contributed by atoms with Crippen molar-refractivity contribution in [3.63, 3.8) is 0 Å². The number of nitrogens with zero attached hydrogens (tertiary/aromatic N) is 2. The van der Waals surface area contributed by atoms with Crippen molar-refractivity contribution in [3.05, 3.63) is 53.2 Å². The molecule has 0 bridgehead atoms. The largest absolute Gasteiger partial charge is 0.464 e. The van der Waals surface area contributed by atoms with Gasteiger partial charge in [-0.2, -0.15) is 8.75 Å². The average Bonchev–Trinajstić information content (AvgIpc) is 3.13. The zero-order chi connectivity index (χ0) is 14.2. The topological polar surface area (TPSA) is 51.0 Å². The third-order valence-corrected chi connectivity index (χ3v) is 4.25. The second-order valence-corrected chi connectivity index (χ2v) is 5.60. The first-order chi connectivity index (χ1) is 10.3. The van der Waals surface area contributed by atoms with Gasteiger partial charge in [0, 0.05) is 17.5 Å². The lowest BCUT2D eigenvalue weighted by atomic mass is 10.1. The highest BCUT2D eigenvalue weighted by molar-refractivity contribution is 7.00. The van der Waals surface area contributed by atoms with Crippen molar-refractivity contribution in [2.24, 2.45) is 0 Å². The highest BCUT2D eigenvalue weighted by Gasteiger charge is 2.11. The molecule has 0 aliphatic heterocycles. The van der Waals surface area contributed by atoms with Crippen LogP contribution in [-0.2, 0) is 6.54 Å². The van der Waals surface area contributed by atoms with E-state index in [2.05, 4.69) is 14.1 Å². The molecule has 2 heterocycles. The van der Waals surface area contributed by atoms with Crippen molar-refractivity contribution in [3.8, 4) is 0 Å². The lowest BCUT2D eigenvalue weighted by molar-refractivity contribution is 0.611. The van der Waals surface area contributed by atoms with Crippen LogP contribution in [0.3, 0.4) is 0 Å². The minimum atomic E-state index is 0.618. The molecule has 104 valence electrons. The van der Waals surface area contributed by atoms with Crippen LogP contribution >= 0.6 is 23.3 Å². The highest BCUT2D eigenvalue weighted by atomic mass is 35.5. The van der Waals surface area contributed by atoms with Gasteiger partial charge in [0.15, 0.2) is 0 Å². The number of para-hydroxylation sites is 1. The molecule has 0 radical (unpaired) electrons. The number of benzene rings is 2. The maximum atomic E-state index is 6.27. The monoisotopic (exact) mass is 315 g/mol. The van der Waals surface area contributed by atoms with E-state index < -0.39 is 0 Å². The molecule has 0 fully saturated rings. The fraction of sp³-hybridized carbons (Fsp3) is 0.0667. The van der Waals surface area contributed by atoms with E-state index in [1.165, 1.54) is 11.7 Å². The zero-order valence-corrected chi connectivity index (χ0v) is 12.4. The number of rotatable bonds is 3. The quantitative estimate of drug-likeness (QED) is 0.595. The second kappa shape index (κ2) is 5.02. The number of aromatic nitrogens is 2. The van der Waals surface area contributed by atoms with Gasteiger partial charge in [-0.1, -0.05) is 29.8 Å². The van der Waals surface area contributed by atoms with Gasteiger partial charge in [-0.3, -0.25) is 0 Å². The Morgan fingerprint density at radius 2 is 2.05 bits per heavy atom. The normalized spacial score (nSPS) is 11.3. The molecule has 21 heavy (non-hydrogen) atoms. The summed E-state index contributed by atoms with van der Waals surface area (Å²) in [4.78, 5) is 0. The summed E-state index contributed by atoms with van der Waals surface area (Å²) in [5.41, 5.74) is 4.44. The van der Waals surface area contributed by atoms with Crippen LogP contribution in [0.5, 0.6) is 0 Å². The Kier molecular flexibility index (Phi) is 3.02. The molecular formula is C15H10ClN3OS. The predicted octanol–water partition coefficient (Wildman–Crippen LogP) is 4.70. The van der Waals surface area contributed by atoms with Gasteiger partial charge < -0.3 is 9.73 Å². The fourth-order valence-electron chi connectivity index (χ4n) is 2.35. The summed E-state index contributed by atoms with van der Waals surface area (Å²) in [5.74, 6) is 0. The molecule has 0 saturated heterocycles. The SMILES string of the molecule is Clc1ccc2nsnc2c1NCc1coc2ccccc12. The van der Waals surface area contributed by atoms with Gasteiger partial charge in [0.05, 0.1) is 28.7 Å². The molecule has 0 aliphatic rings. The number of anilines is 1. The molecule has 0 unspecified atom stereocenters. The van der Waals surface area contributed by atoms with Gasteiger partial charge in [0.2, 0.25) is 0 Å². The number of halogens is 1. The second-order valence-electron chi connectivity index (χ2n) is 4.66. The van der Waals surface area contributed by atoms with E-state index in [9.17, 15) is 0 Å². The van der Waals surface area contributed by atoms with E-state index in [0.717, 1.165) is 33.3 Å². The van der Waals surface area contributed by atoms with E-state index in [4.69, 9.17) is 16.0 Å². The minimum Gasteiger partial charge on any atom is -0.464 e. The smallest absolute Gasteiger partial charge is 0.134 e. The van der Waals surface area contributed by atoms with Crippen LogP contribution in [0.25, 0.3) is 22.0 Å². The van der Waals surface area contributed by atoms with E-state index in [0.29, 0.717) is 11.6 Å². The summed E-state index contributed by atoms with van der Waals surface area (Å²) in [5, 5.41) is 5.09. The summed E-state index contributed by atoms with van der Waals surface area (Å²) in [6.07, 6.45) is 1.77. The van der Waals surface area contributed by atoms with Crippen molar-refractivity contribution >= 4 is 51.0 Å². The number of nitrogens with one attached hydrogen (secondary N) is 1. The molecule has 4 nitrogen and oxygen atoms in total. The number of furan rings is 1. The summed E-state index contributed by atoms with van der Waals surface area (Å²) in [7, 11) is 0. The van der Waals surface area contributed by atoms with Crippen molar-refractivity contribution in [1.82, 2.24) is 8.75 Å². The summed E-state index contributed by atoms with van der Waals surface area (Å²) in [6, 6.07) is 11.7. The number of fused-ring (bicyclic) bond motifs is 2. The standard InChI is InChI=1S/C15H10ClN3OS/c16-11-5-6-12-15(19-21-18-12)14(11)17-7-9-8-20-13-4-2-1-3-10(9)13/h1-6,8,17H,7H2. The molecule has 0 saturated carbocycles. The van der Waals surface area contributed by atoms with Crippen LogP contribution in [0.15, 0.2) is 47.1 Å². The predicted molar refractivity (Wildman–Crippen MR) is 86.0 cm³/mol. The summed E-state index contributed by atoms with van der Waals surface area (Å²) in [6.45, 7) is 0.618. The van der Waals surface area contributed by atoms with Crippen LogP contribution in [0.4, 0.5) is 5.69 Å². The van der Waals surface area contributed by atoms with Gasteiger partial charge >= 0.3 is 0 Å². The number of hydrogen-bond acceptors (Lipinski definition) is 5. The van der Waals surface area contributed by atoms with Gasteiger partial charge in [0.1, 0.15) is 16.6 Å². The molecule has 4 rings (SSSR count). The van der Waals surface area contributed by atoms with Crippen molar-refractivity contribution in [2.45, 2.75) is 6.54 Å². The Hall–Kier alpha value is -2.11. The first-order valence-electron chi connectivity index (χ1n) is 6.42. The van der Waals surface area contributed by atoms with Crippen molar-refractivity contribution in [2.75, 3.05) is 5.32 Å². The van der Waals surface area contributed by atoms with E-state index >= 15 is 0 Å². The Morgan fingerprint density at radius 1 is 1.14 bits per heavy atom. The van der Waals surface area contributed by atoms with Crippen LogP contribution in [0, 0.1) is 0 Å². The molecule has 4 aromatic rings. The third-order valence-electron chi connectivity index (χ3n) is 3.39. The van der Waals surface area contributed by atoms with E-state index in [-0.39, 0.29) is 0 Å². The van der Waals surface area contributed by atoms with E-state index in [1.807, 2.05) is 36.4 Å². The first-order valence-corrected chi connectivity index (χ1v) is 7.53. The van der Waals surface area contributed by atoms with Gasteiger partial charge in [-0.25, -0.2) is 0 Å². The van der Waals surface area contributed by atoms with E-state index in [1.54, 1.807) is 6.26 Å². The van der Waals surface area contributed by atoms with Crippen molar-refractivity contribution < 1.29 is 4.42 Å². The zero-order valence-electron chi connectivity index (χ0n) is 10.8. The highest BCUT2D eigenvalue weighted by Crippen LogP contribution is 2.31. The van der Waals surface area contributed by atoms with Gasteiger partial charge in [-0.15, -0.1) is 0 Å². The molecular weight excluding hydrogens is 306 g/mol. The van der Waals surface area contributed by atoms with Crippen LogP contribution in [-0.4, -0.2) is 8.75 Å². The Morgan fingerprint density at radius 3 is 3.00 bits per heavy atom. The van der Waals surface area contributed by atoms with Gasteiger partial charge in [-0.05, 0) is 18.2 Å². The minimum absolute atomic E-state index is 0.618. The van der Waals surface area contributed by atoms with Crippen LogP contribution < -0.4 is 5.32 Å². The van der Waals surface area contributed by atoms with Crippen LogP contribution in [0.2, 0.25) is 5.02 Å². The van der Waals surface area contributed by atoms with Crippen LogP contribution in [0.1, 0.15) is 5.56 Å². The molecule has 0 atom stereocenters. The molecule has 2 aromatic carbocycles. The summed E-state index contributed by atoms with van der Waals surface area (Å²) < 4.78 is 14.1. The molecule has 0 aliphatic carbocycles. The van der Waals surface area contributed by atoms with Crippen molar-refractivity contribution in [1.29, 1.82) is 0 Å². The Labute approximate surface area is 129 Å². The lowest BCUT2D eigenvalue weighted by Crippen LogP contribution is -2.00. The Bertz CT molecular complexity index is 931. The molecule has 0 amide bonds. The lowest BCUT2D eigenvalue weighted by Gasteiger charge is -2.07. The maximum Gasteiger partial charge on any atom is 0.134 e. The summed E-state index contributed by atoms with van der Waals surface area (Å²) >= 11 is 7.45. The molecule has 6 heteroatoms. The van der Waals surface area contributed by atoms with Gasteiger partial charge in [0.25, 0.3) is 0 Å². The molecule has 2 aromatic heterocycles. The number of hydrogen-bond donors (Lipinski definition) is 1. The average molecular weight is 316 g/mol. The fourth-order valence-corrected chi connectivity index (χ4v) is 3.11. The third kappa shape index (κ3) is 2.14. The molecule has 0 spiro atoms. The molecule has 1 N–H and O–H groups in total. The Balaban J connectivity index is 1.69. The maximum absolute atomic E-state index is 6.27. The first kappa shape index (κ1) is 12.6.